The van der Waals surface area contributed by atoms with Crippen molar-refractivity contribution in [3.63, 3.8) is 0 Å². The monoisotopic (exact) mass is 1050 g/mol. The van der Waals surface area contributed by atoms with Crippen molar-refractivity contribution in [1.82, 2.24) is 0 Å². The van der Waals surface area contributed by atoms with E-state index in [1.807, 2.05) is 6.07 Å². The molecule has 0 radical (unpaired) electrons. The number of ether oxygens (including phenoxy) is 8. The Hall–Kier alpha value is -7.68. The standard InChI is InChI=1S/C54H52N2O16S2/c1-4-44(57)65-28-6-8-30-67-48(59)33-18-22-39(23-19-33)69-50(61)35-10-14-37(15-11-35)52(63)71-42-26-27-43(47-46(42)73-54(74-47)41(32-55)56-3)72-53(64)38-16-12-36(13-17-38)51(62)70-40-24-20-34(21-25-40)49(60)68-31-9-7-29-66-45(58)5-2/h4-5,18-27,35-38H,1-2,6-17,28-31H2. The summed E-state index contributed by atoms with van der Waals surface area (Å²) in [4.78, 5) is 105. The molecule has 6 rings (SSSR count). The maximum atomic E-state index is 13.6. The predicted octanol–water partition coefficient (Wildman–Crippen LogP) is 9.46. The van der Waals surface area contributed by atoms with Gasteiger partial charge in [0.2, 0.25) is 0 Å². The highest BCUT2D eigenvalue weighted by Crippen LogP contribution is 2.59. The van der Waals surface area contributed by atoms with Gasteiger partial charge in [0.05, 0.1) is 87.9 Å². The summed E-state index contributed by atoms with van der Waals surface area (Å²) in [6, 6.07) is 16.8. The third-order valence-electron chi connectivity index (χ3n) is 12.0. The lowest BCUT2D eigenvalue weighted by Gasteiger charge is -2.26. The van der Waals surface area contributed by atoms with Gasteiger partial charge in [-0.3, -0.25) is 19.2 Å². The number of benzene rings is 3. The van der Waals surface area contributed by atoms with Crippen LogP contribution >= 0.6 is 23.5 Å². The molecule has 3 aromatic carbocycles. The molecule has 2 fully saturated rings. The molecule has 0 bridgehead atoms. The fourth-order valence-corrected chi connectivity index (χ4v) is 10.4. The Kier molecular flexibility index (Phi) is 21.0. The Balaban J connectivity index is 0.953. The van der Waals surface area contributed by atoms with E-state index in [0.717, 1.165) is 35.7 Å². The van der Waals surface area contributed by atoms with Crippen LogP contribution in [0.1, 0.15) is 97.8 Å². The number of thioether (sulfide) groups is 2. The first-order valence-electron chi connectivity index (χ1n) is 23.8. The summed E-state index contributed by atoms with van der Waals surface area (Å²) in [5.41, 5.74) is 0.355. The van der Waals surface area contributed by atoms with Gasteiger partial charge in [-0.15, -0.1) is 0 Å². The quantitative estimate of drug-likeness (QED) is 0.0173. The molecule has 0 N–H and O–H groups in total. The van der Waals surface area contributed by atoms with Crippen molar-refractivity contribution in [3.8, 4) is 29.1 Å². The highest BCUT2D eigenvalue weighted by atomic mass is 32.2. The molecular weight excluding hydrogens is 997 g/mol. The number of carbonyl (C=O) groups excluding carboxylic acids is 8. The lowest BCUT2D eigenvalue weighted by atomic mass is 9.82. The van der Waals surface area contributed by atoms with Crippen LogP contribution in [0.3, 0.4) is 0 Å². The fourth-order valence-electron chi connectivity index (χ4n) is 7.90. The molecule has 2 aliphatic carbocycles. The van der Waals surface area contributed by atoms with E-state index in [-0.39, 0.29) is 66.2 Å². The van der Waals surface area contributed by atoms with Crippen LogP contribution in [0.25, 0.3) is 4.85 Å². The molecule has 0 spiro atoms. The summed E-state index contributed by atoms with van der Waals surface area (Å²) in [5.74, 6) is -5.39. The Bertz CT molecular complexity index is 2540. The average molecular weight is 1050 g/mol. The molecule has 1 heterocycles. The molecule has 0 amide bonds. The van der Waals surface area contributed by atoms with Crippen LogP contribution in [0.15, 0.2) is 106 Å². The maximum absolute atomic E-state index is 13.6. The van der Waals surface area contributed by atoms with E-state index in [0.29, 0.717) is 91.1 Å². The second kappa shape index (κ2) is 28.0. The highest BCUT2D eigenvalue weighted by molar-refractivity contribution is 8.24. The molecule has 2 saturated carbocycles. The number of rotatable bonds is 22. The minimum atomic E-state index is -0.554. The Labute approximate surface area is 435 Å². The number of nitrogens with zero attached hydrogens (tertiary/aromatic N) is 2. The van der Waals surface area contributed by atoms with Crippen molar-refractivity contribution >= 4 is 71.3 Å². The zero-order valence-electron chi connectivity index (χ0n) is 40.2. The van der Waals surface area contributed by atoms with Crippen molar-refractivity contribution in [2.24, 2.45) is 23.7 Å². The Morgan fingerprint density at radius 3 is 1.16 bits per heavy atom. The van der Waals surface area contributed by atoms with Crippen LogP contribution in [0.4, 0.5) is 0 Å². The summed E-state index contributed by atoms with van der Waals surface area (Å²) in [6.45, 7) is 14.8. The van der Waals surface area contributed by atoms with Gasteiger partial charge in [-0.25, -0.2) is 29.3 Å². The minimum absolute atomic E-state index is 0.133. The summed E-state index contributed by atoms with van der Waals surface area (Å²) in [6.07, 6.45) is 6.95. The minimum Gasteiger partial charge on any atom is -0.463 e. The van der Waals surface area contributed by atoms with E-state index in [2.05, 4.69) is 18.0 Å². The molecular formula is C54H52N2O16S2. The number of nitriles is 1. The molecule has 0 aromatic heterocycles. The summed E-state index contributed by atoms with van der Waals surface area (Å²) < 4.78 is 43.6. The number of fused-ring (bicyclic) bond motifs is 1. The van der Waals surface area contributed by atoms with Gasteiger partial charge >= 0.3 is 47.8 Å². The summed E-state index contributed by atoms with van der Waals surface area (Å²) >= 11 is 2.12. The summed E-state index contributed by atoms with van der Waals surface area (Å²) in [7, 11) is 0. The average Bonchev–Trinajstić information content (AvgIpc) is 3.87. The first-order chi connectivity index (χ1) is 35.8. The van der Waals surface area contributed by atoms with E-state index < -0.39 is 71.4 Å². The van der Waals surface area contributed by atoms with Crippen LogP contribution in [-0.2, 0) is 47.7 Å². The van der Waals surface area contributed by atoms with Gasteiger partial charge in [0.1, 0.15) is 23.0 Å². The fraction of sp³-hybridized carbons (Fsp3) is 0.370. The first kappa shape index (κ1) is 55.6. The SMILES string of the molecule is [C-]#[N+]C(C#N)=C1Sc2c(OC(=O)C3CCC(C(=O)Oc4ccc(C(=O)OCCCCOC(=O)C=C)cc4)CC3)ccc(OC(=O)C3CCC(C(=O)Oc4ccc(C(=O)OCCCCOC(=O)C=C)cc4)CC3)c2S1. The topological polar surface area (TPSA) is 239 Å². The van der Waals surface area contributed by atoms with Crippen LogP contribution in [0.5, 0.6) is 23.0 Å². The Morgan fingerprint density at radius 1 is 0.527 bits per heavy atom. The summed E-state index contributed by atoms with van der Waals surface area (Å²) in [5, 5.41) is 9.67. The first-order valence-corrected chi connectivity index (χ1v) is 25.5. The van der Waals surface area contributed by atoms with Crippen molar-refractivity contribution in [1.29, 1.82) is 5.26 Å². The van der Waals surface area contributed by atoms with Crippen LogP contribution < -0.4 is 18.9 Å². The lowest BCUT2D eigenvalue weighted by Crippen LogP contribution is -2.30. The van der Waals surface area contributed by atoms with Gasteiger partial charge in [0.15, 0.2) is 0 Å². The molecule has 3 aromatic rings. The second-order valence-electron chi connectivity index (χ2n) is 17.0. The third-order valence-corrected chi connectivity index (χ3v) is 14.6. The van der Waals surface area contributed by atoms with Gasteiger partial charge in [-0.1, -0.05) is 36.7 Å². The zero-order chi connectivity index (χ0) is 53.0. The highest BCUT2D eigenvalue weighted by Gasteiger charge is 2.37. The van der Waals surface area contributed by atoms with E-state index in [1.165, 1.54) is 60.7 Å². The Morgan fingerprint density at radius 2 is 0.851 bits per heavy atom. The maximum Gasteiger partial charge on any atom is 0.338 e. The van der Waals surface area contributed by atoms with Gasteiger partial charge in [0, 0.05) is 12.2 Å². The molecule has 0 saturated heterocycles. The van der Waals surface area contributed by atoms with E-state index in [4.69, 9.17) is 44.5 Å². The number of esters is 8. The largest absolute Gasteiger partial charge is 0.463 e. The smallest absolute Gasteiger partial charge is 0.338 e. The van der Waals surface area contributed by atoms with Gasteiger partial charge in [-0.05, 0) is 138 Å². The zero-order valence-corrected chi connectivity index (χ0v) is 41.8. The molecule has 386 valence electrons. The molecule has 0 unspecified atom stereocenters. The number of allylic oxidation sites excluding steroid dienone is 1. The molecule has 74 heavy (non-hydrogen) atoms. The molecule has 1 aliphatic heterocycles. The third kappa shape index (κ3) is 15.9. The van der Waals surface area contributed by atoms with Crippen LogP contribution in [-0.4, -0.2) is 74.2 Å². The van der Waals surface area contributed by atoms with Crippen molar-refractivity contribution < 1.29 is 76.3 Å². The normalized spacial score (nSPS) is 17.6. The van der Waals surface area contributed by atoms with Crippen LogP contribution in [0.2, 0.25) is 0 Å². The van der Waals surface area contributed by atoms with E-state index in [1.54, 1.807) is 0 Å². The molecule has 3 aliphatic rings. The molecule has 20 heteroatoms. The van der Waals surface area contributed by atoms with Crippen molar-refractivity contribution in [2.75, 3.05) is 26.4 Å². The van der Waals surface area contributed by atoms with Crippen molar-refractivity contribution in [3.05, 3.63) is 118 Å². The predicted molar refractivity (Wildman–Crippen MR) is 265 cm³/mol. The van der Waals surface area contributed by atoms with Gasteiger partial charge in [0.25, 0.3) is 5.70 Å². The van der Waals surface area contributed by atoms with Gasteiger partial charge in [-0.2, -0.15) is 0 Å². The van der Waals surface area contributed by atoms with Crippen molar-refractivity contribution in [2.45, 2.75) is 86.8 Å². The number of hydrogen-bond acceptors (Lipinski definition) is 19. The van der Waals surface area contributed by atoms with E-state index in [9.17, 15) is 43.6 Å². The lowest BCUT2D eigenvalue weighted by molar-refractivity contribution is -0.145. The number of hydrogen-bond donors (Lipinski definition) is 0. The number of unbranched alkanes of at least 4 members (excludes halogenated alkanes) is 2. The second-order valence-corrected chi connectivity index (χ2v) is 19.3. The number of carbonyl (C=O) groups is 8. The van der Waals surface area contributed by atoms with E-state index >= 15 is 0 Å². The van der Waals surface area contributed by atoms with Crippen LogP contribution in [0, 0.1) is 41.6 Å². The molecule has 0 atom stereocenters. The van der Waals surface area contributed by atoms with Gasteiger partial charge < -0.3 is 37.9 Å². The molecule has 18 nitrogen and oxygen atoms in total.